The van der Waals surface area contributed by atoms with E-state index >= 15 is 0 Å². The zero-order valence-corrected chi connectivity index (χ0v) is 12.1. The second kappa shape index (κ2) is 6.26. The molecule has 0 aromatic heterocycles. The van der Waals surface area contributed by atoms with E-state index < -0.39 is 11.6 Å². The van der Waals surface area contributed by atoms with Gasteiger partial charge in [0.05, 0.1) is 0 Å². The molecular weight excluding hydrogens is 284 g/mol. The van der Waals surface area contributed by atoms with Gasteiger partial charge in [0.25, 0.3) is 5.91 Å². The van der Waals surface area contributed by atoms with Crippen LogP contribution in [0.25, 0.3) is 0 Å². The normalized spacial score (nSPS) is 16.4. The van der Waals surface area contributed by atoms with Gasteiger partial charge in [-0.1, -0.05) is 24.3 Å². The van der Waals surface area contributed by atoms with E-state index in [0.29, 0.717) is 12.5 Å². The predicted molar refractivity (Wildman–Crippen MR) is 80.8 cm³/mol. The summed E-state index contributed by atoms with van der Waals surface area (Å²) in [7, 11) is 0. The molecule has 0 saturated heterocycles. The van der Waals surface area contributed by atoms with Gasteiger partial charge in [0.1, 0.15) is 0 Å². The Kier molecular flexibility index (Phi) is 4.18. The molecule has 4 heteroatoms. The highest BCUT2D eigenvalue weighted by Crippen LogP contribution is 2.34. The Morgan fingerprint density at radius 1 is 1.14 bits per heavy atom. The summed E-state index contributed by atoms with van der Waals surface area (Å²) in [4.78, 5) is 11.9. The number of benzene rings is 2. The summed E-state index contributed by atoms with van der Waals surface area (Å²) in [6.45, 7) is 0.525. The monoisotopic (exact) mass is 301 g/mol. The first-order valence-corrected chi connectivity index (χ1v) is 7.46. The van der Waals surface area contributed by atoms with Crippen LogP contribution in [-0.2, 0) is 6.42 Å². The quantitative estimate of drug-likeness (QED) is 0.914. The number of amides is 1. The number of fused-ring (bicyclic) bond motifs is 1. The largest absolute Gasteiger partial charge is 0.352 e. The summed E-state index contributed by atoms with van der Waals surface area (Å²) in [6.07, 6.45) is 3.03. The molecule has 1 amide bonds. The first-order chi connectivity index (χ1) is 10.6. The van der Waals surface area contributed by atoms with E-state index in [1.165, 1.54) is 17.2 Å². The van der Waals surface area contributed by atoms with E-state index in [0.717, 1.165) is 31.4 Å². The third-order valence-corrected chi connectivity index (χ3v) is 4.22. The van der Waals surface area contributed by atoms with Gasteiger partial charge in [0.15, 0.2) is 11.6 Å². The van der Waals surface area contributed by atoms with Gasteiger partial charge in [-0.2, -0.15) is 0 Å². The van der Waals surface area contributed by atoms with Crippen molar-refractivity contribution < 1.29 is 13.6 Å². The average Bonchev–Trinajstić information content (AvgIpc) is 2.93. The van der Waals surface area contributed by atoms with Crippen molar-refractivity contribution in [3.63, 3.8) is 0 Å². The second-order valence-electron chi connectivity index (χ2n) is 5.61. The van der Waals surface area contributed by atoms with Gasteiger partial charge >= 0.3 is 0 Å². The van der Waals surface area contributed by atoms with E-state index in [-0.39, 0.29) is 11.5 Å². The van der Waals surface area contributed by atoms with Gasteiger partial charge < -0.3 is 5.32 Å². The van der Waals surface area contributed by atoms with E-state index in [9.17, 15) is 13.6 Å². The van der Waals surface area contributed by atoms with Crippen LogP contribution in [0.2, 0.25) is 0 Å². The summed E-state index contributed by atoms with van der Waals surface area (Å²) in [6, 6.07) is 11.6. The van der Waals surface area contributed by atoms with E-state index in [1.54, 1.807) is 0 Å². The molecule has 0 radical (unpaired) electrons. The van der Waals surface area contributed by atoms with Gasteiger partial charge in [0.2, 0.25) is 0 Å². The highest BCUT2D eigenvalue weighted by atomic mass is 19.2. The van der Waals surface area contributed by atoms with Crippen LogP contribution in [0.3, 0.4) is 0 Å². The van der Waals surface area contributed by atoms with Crippen LogP contribution in [0, 0.1) is 11.6 Å². The van der Waals surface area contributed by atoms with Crippen molar-refractivity contribution in [2.45, 2.75) is 25.2 Å². The fourth-order valence-electron chi connectivity index (χ4n) is 3.04. The fourth-order valence-corrected chi connectivity index (χ4v) is 3.04. The molecule has 1 aliphatic rings. The van der Waals surface area contributed by atoms with Crippen LogP contribution < -0.4 is 5.32 Å². The molecule has 0 bridgehead atoms. The molecule has 114 valence electrons. The minimum absolute atomic E-state index is 0.144. The maximum Gasteiger partial charge on any atom is 0.251 e. The Morgan fingerprint density at radius 3 is 2.77 bits per heavy atom. The van der Waals surface area contributed by atoms with Crippen molar-refractivity contribution >= 4 is 5.91 Å². The summed E-state index contributed by atoms with van der Waals surface area (Å²) >= 11 is 0. The van der Waals surface area contributed by atoms with Crippen molar-refractivity contribution in [3.05, 3.63) is 70.8 Å². The third-order valence-electron chi connectivity index (χ3n) is 4.22. The summed E-state index contributed by atoms with van der Waals surface area (Å²) in [5.74, 6) is -1.86. The van der Waals surface area contributed by atoms with Crippen LogP contribution in [0.15, 0.2) is 42.5 Å². The number of rotatable bonds is 4. The molecule has 22 heavy (non-hydrogen) atoms. The summed E-state index contributed by atoms with van der Waals surface area (Å²) in [5, 5.41) is 2.78. The molecular formula is C18H17F2NO. The van der Waals surface area contributed by atoms with Crippen molar-refractivity contribution in [2.75, 3.05) is 6.54 Å². The number of halogens is 2. The number of carbonyl (C=O) groups is 1. The average molecular weight is 301 g/mol. The highest BCUT2D eigenvalue weighted by Gasteiger charge is 2.21. The SMILES string of the molecule is O=C(NCCC1CCc2ccccc21)c1ccc(F)c(F)c1. The van der Waals surface area contributed by atoms with Crippen LogP contribution in [0.4, 0.5) is 8.78 Å². The van der Waals surface area contributed by atoms with Gasteiger partial charge in [-0.3, -0.25) is 4.79 Å². The Labute approximate surface area is 128 Å². The molecule has 2 aromatic carbocycles. The molecule has 0 spiro atoms. The number of nitrogens with one attached hydrogen (secondary N) is 1. The van der Waals surface area contributed by atoms with E-state index in [2.05, 4.69) is 17.4 Å². The number of carbonyl (C=O) groups excluding carboxylic acids is 1. The minimum atomic E-state index is -1.00. The second-order valence-corrected chi connectivity index (χ2v) is 5.61. The van der Waals surface area contributed by atoms with Gasteiger partial charge in [-0.15, -0.1) is 0 Å². The Morgan fingerprint density at radius 2 is 1.95 bits per heavy atom. The van der Waals surface area contributed by atoms with Gasteiger partial charge in [-0.25, -0.2) is 8.78 Å². The molecule has 0 saturated carbocycles. The Balaban J connectivity index is 1.55. The van der Waals surface area contributed by atoms with Crippen LogP contribution >= 0.6 is 0 Å². The number of hydrogen-bond donors (Lipinski definition) is 1. The molecule has 1 unspecified atom stereocenters. The van der Waals surface area contributed by atoms with Gasteiger partial charge in [-0.05, 0) is 54.5 Å². The van der Waals surface area contributed by atoms with E-state index in [4.69, 9.17) is 0 Å². The van der Waals surface area contributed by atoms with E-state index in [1.807, 2.05) is 12.1 Å². The van der Waals surface area contributed by atoms with Crippen molar-refractivity contribution in [1.82, 2.24) is 5.32 Å². The van der Waals surface area contributed by atoms with Crippen LogP contribution in [-0.4, -0.2) is 12.5 Å². The maximum atomic E-state index is 13.1. The standard InChI is InChI=1S/C18H17F2NO/c19-16-8-7-14(11-17(16)20)18(22)21-10-9-13-6-5-12-3-1-2-4-15(12)13/h1-4,7-8,11,13H,5-6,9-10H2,(H,21,22). The van der Waals surface area contributed by atoms with Gasteiger partial charge in [0, 0.05) is 12.1 Å². The molecule has 0 aliphatic heterocycles. The molecule has 2 nitrogen and oxygen atoms in total. The molecule has 0 fully saturated rings. The molecule has 2 aromatic rings. The lowest BCUT2D eigenvalue weighted by Gasteiger charge is -2.12. The molecule has 0 heterocycles. The van der Waals surface area contributed by atoms with Crippen molar-refractivity contribution in [2.24, 2.45) is 0 Å². The lowest BCUT2D eigenvalue weighted by molar-refractivity contribution is 0.0952. The summed E-state index contributed by atoms with van der Waals surface area (Å²) in [5.41, 5.74) is 2.90. The molecule has 1 aliphatic carbocycles. The summed E-state index contributed by atoms with van der Waals surface area (Å²) < 4.78 is 26.0. The molecule has 1 atom stereocenters. The Hall–Kier alpha value is -2.23. The first-order valence-electron chi connectivity index (χ1n) is 7.46. The number of hydrogen-bond acceptors (Lipinski definition) is 1. The topological polar surface area (TPSA) is 29.1 Å². The van der Waals surface area contributed by atoms with Crippen molar-refractivity contribution in [3.8, 4) is 0 Å². The van der Waals surface area contributed by atoms with Crippen molar-refractivity contribution in [1.29, 1.82) is 0 Å². The smallest absolute Gasteiger partial charge is 0.251 e. The number of aryl methyl sites for hydroxylation is 1. The highest BCUT2D eigenvalue weighted by molar-refractivity contribution is 5.94. The fraction of sp³-hybridized carbons (Fsp3) is 0.278. The lowest BCUT2D eigenvalue weighted by atomic mass is 9.98. The Bertz CT molecular complexity index is 699. The predicted octanol–water partition coefficient (Wildman–Crippen LogP) is 3.81. The first kappa shape index (κ1) is 14.7. The maximum absolute atomic E-state index is 13.1. The zero-order chi connectivity index (χ0) is 15.5. The molecule has 1 N–H and O–H groups in total. The third kappa shape index (κ3) is 3.01. The lowest BCUT2D eigenvalue weighted by Crippen LogP contribution is -2.25. The molecule has 3 rings (SSSR count). The van der Waals surface area contributed by atoms with Crippen LogP contribution in [0.1, 0.15) is 40.2 Å². The minimum Gasteiger partial charge on any atom is -0.352 e. The zero-order valence-electron chi connectivity index (χ0n) is 12.1. The van der Waals surface area contributed by atoms with Crippen LogP contribution in [0.5, 0.6) is 0 Å².